The van der Waals surface area contributed by atoms with Crippen LogP contribution in [0.2, 0.25) is 0 Å². The lowest BCUT2D eigenvalue weighted by atomic mass is 10.2. The van der Waals surface area contributed by atoms with Crippen molar-refractivity contribution in [3.05, 3.63) is 39.9 Å². The smallest absolute Gasteiger partial charge is 0.347 e. The van der Waals surface area contributed by atoms with Crippen molar-refractivity contribution < 1.29 is 49.0 Å². The van der Waals surface area contributed by atoms with Crippen LogP contribution in [-0.4, -0.2) is 140 Å². The molecule has 1 heterocycles. The van der Waals surface area contributed by atoms with Crippen LogP contribution in [0, 0.1) is 10.1 Å². The van der Waals surface area contributed by atoms with Crippen molar-refractivity contribution in [2.45, 2.75) is 5.78 Å². The molecule has 1 aliphatic rings. The van der Waals surface area contributed by atoms with Crippen LogP contribution in [0.4, 0.5) is 5.69 Å². The molecule has 0 amide bonds. The Morgan fingerprint density at radius 3 is 1.39 bits per heavy atom. The van der Waals surface area contributed by atoms with E-state index in [0.29, 0.717) is 0 Å². The standard InChI is InChI=1S/C21H32N5O11P/c27-18(28)13-22-5-7-23(14-19(29)30)9-11-25(12-10-24(8-6-22)15-20(31)32)21(38(35,36)37)16-1-3-17(4-2-16)26(33)34/h1-4,21H,5-15H2,(H,27,28)(H,29,30)(H,31,32)(H2,35,36,37). The number of hydrogen-bond donors (Lipinski definition) is 5. The third kappa shape index (κ3) is 10.4. The Hall–Kier alpha value is -2.98. The van der Waals surface area contributed by atoms with Gasteiger partial charge in [-0.1, -0.05) is 0 Å². The lowest BCUT2D eigenvalue weighted by molar-refractivity contribution is -0.384. The van der Waals surface area contributed by atoms with Gasteiger partial charge in [-0.3, -0.25) is 48.7 Å². The van der Waals surface area contributed by atoms with Gasteiger partial charge in [-0.2, -0.15) is 0 Å². The van der Waals surface area contributed by atoms with Gasteiger partial charge in [-0.25, -0.2) is 0 Å². The predicted octanol–water partition coefficient (Wildman–Crippen LogP) is -0.753. The number of rotatable bonds is 10. The summed E-state index contributed by atoms with van der Waals surface area (Å²) in [6.45, 7) is -0.431. The maximum atomic E-state index is 12.6. The molecule has 1 aliphatic heterocycles. The highest BCUT2D eigenvalue weighted by molar-refractivity contribution is 7.52. The van der Waals surface area contributed by atoms with Crippen molar-refractivity contribution in [3.8, 4) is 0 Å². The first-order chi connectivity index (χ1) is 17.8. The molecule has 1 fully saturated rings. The first-order valence-electron chi connectivity index (χ1n) is 11.6. The van der Waals surface area contributed by atoms with E-state index in [-0.39, 0.29) is 70.2 Å². The van der Waals surface area contributed by atoms with Crippen molar-refractivity contribution in [3.63, 3.8) is 0 Å². The quantitative estimate of drug-likeness (QED) is 0.134. The van der Waals surface area contributed by atoms with E-state index in [1.54, 1.807) is 4.90 Å². The summed E-state index contributed by atoms with van der Waals surface area (Å²) < 4.78 is 12.6. The molecule has 1 unspecified atom stereocenters. The first-order valence-corrected chi connectivity index (χ1v) is 13.3. The summed E-state index contributed by atoms with van der Waals surface area (Å²) in [5.41, 5.74) is -0.156. The highest BCUT2D eigenvalue weighted by atomic mass is 31.2. The molecular weight excluding hydrogens is 529 g/mol. The number of hydrogen-bond acceptors (Lipinski definition) is 10. The van der Waals surface area contributed by atoms with E-state index in [0.717, 1.165) is 12.1 Å². The average molecular weight is 561 g/mol. The van der Waals surface area contributed by atoms with Crippen LogP contribution in [0.25, 0.3) is 0 Å². The summed E-state index contributed by atoms with van der Waals surface area (Å²) in [6.07, 6.45) is 0. The molecule has 38 heavy (non-hydrogen) atoms. The van der Waals surface area contributed by atoms with E-state index in [1.165, 1.54) is 26.8 Å². The van der Waals surface area contributed by atoms with Gasteiger partial charge in [0.1, 0.15) is 5.78 Å². The molecule has 1 aromatic rings. The van der Waals surface area contributed by atoms with Crippen molar-refractivity contribution in [1.29, 1.82) is 0 Å². The number of aliphatic carboxylic acids is 3. The second-order valence-corrected chi connectivity index (χ2v) is 10.5. The normalized spacial score (nSPS) is 18.7. The van der Waals surface area contributed by atoms with E-state index in [2.05, 4.69) is 0 Å². The zero-order valence-electron chi connectivity index (χ0n) is 20.5. The first kappa shape index (κ1) is 31.2. The van der Waals surface area contributed by atoms with Crippen LogP contribution < -0.4 is 0 Å². The van der Waals surface area contributed by atoms with Gasteiger partial charge in [0.05, 0.1) is 24.6 Å². The molecule has 1 aromatic carbocycles. The Balaban J connectivity index is 2.41. The summed E-state index contributed by atoms with van der Waals surface area (Å²) in [4.78, 5) is 71.1. The molecule has 212 valence electrons. The Morgan fingerprint density at radius 1 is 0.763 bits per heavy atom. The summed E-state index contributed by atoms with van der Waals surface area (Å²) in [5.74, 6) is -4.88. The van der Waals surface area contributed by atoms with Crippen LogP contribution in [0.15, 0.2) is 24.3 Å². The molecule has 17 heteroatoms. The van der Waals surface area contributed by atoms with Gasteiger partial charge in [0, 0.05) is 64.5 Å². The molecule has 16 nitrogen and oxygen atoms in total. The van der Waals surface area contributed by atoms with Gasteiger partial charge in [-0.15, -0.1) is 0 Å². The monoisotopic (exact) mass is 561 g/mol. The molecular formula is C21H32N5O11P. The minimum atomic E-state index is -4.89. The Labute approximate surface area is 218 Å². The van der Waals surface area contributed by atoms with Crippen molar-refractivity contribution in [1.82, 2.24) is 19.6 Å². The van der Waals surface area contributed by atoms with E-state index in [9.17, 15) is 54.2 Å². The van der Waals surface area contributed by atoms with Gasteiger partial charge in [-0.05, 0) is 17.7 Å². The number of carboxylic acids is 3. The summed E-state index contributed by atoms with van der Waals surface area (Å²) in [6, 6.07) is 4.73. The van der Waals surface area contributed by atoms with Crippen LogP contribution >= 0.6 is 7.60 Å². The van der Waals surface area contributed by atoms with E-state index in [1.807, 2.05) is 0 Å². The summed E-state index contributed by atoms with van der Waals surface area (Å²) >= 11 is 0. The molecule has 0 spiro atoms. The topological polar surface area (TPSA) is 226 Å². The fourth-order valence-corrected chi connectivity index (χ4v) is 5.45. The van der Waals surface area contributed by atoms with E-state index in [4.69, 9.17) is 0 Å². The molecule has 0 bridgehead atoms. The van der Waals surface area contributed by atoms with E-state index >= 15 is 0 Å². The van der Waals surface area contributed by atoms with Gasteiger partial charge >= 0.3 is 25.5 Å². The highest BCUT2D eigenvalue weighted by Gasteiger charge is 2.37. The zero-order chi connectivity index (χ0) is 28.5. The number of carbonyl (C=O) groups is 3. The number of carboxylic acid groups (broad SMARTS) is 3. The highest BCUT2D eigenvalue weighted by Crippen LogP contribution is 2.53. The third-order valence-corrected chi connectivity index (χ3v) is 7.28. The number of benzene rings is 1. The number of non-ortho nitro benzene ring substituents is 1. The third-order valence-electron chi connectivity index (χ3n) is 6.01. The van der Waals surface area contributed by atoms with Crippen LogP contribution in [0.5, 0.6) is 0 Å². The Morgan fingerprint density at radius 2 is 1.11 bits per heavy atom. The maximum absolute atomic E-state index is 12.6. The number of nitrogens with zero attached hydrogens (tertiary/aromatic N) is 5. The second kappa shape index (κ2) is 14.2. The summed E-state index contributed by atoms with van der Waals surface area (Å²) in [5, 5.41) is 38.9. The van der Waals surface area contributed by atoms with Gasteiger partial charge in [0.2, 0.25) is 0 Å². The minimum Gasteiger partial charge on any atom is -0.480 e. The summed E-state index contributed by atoms with van der Waals surface area (Å²) in [7, 11) is -4.89. The maximum Gasteiger partial charge on any atom is 0.347 e. The second-order valence-electron chi connectivity index (χ2n) is 8.86. The molecule has 2 rings (SSSR count). The Bertz CT molecular complexity index is 1000. The Kier molecular flexibility index (Phi) is 11.7. The SMILES string of the molecule is O=C(O)CN1CCN(CC(=O)O)CCN(C(c2ccc([N+](=O)[O-])cc2)P(=O)(O)O)CCN(CC(=O)O)CC1. The van der Waals surface area contributed by atoms with E-state index < -0.39 is 49.3 Å². The van der Waals surface area contributed by atoms with Crippen LogP contribution in [0.3, 0.4) is 0 Å². The molecule has 5 N–H and O–H groups in total. The van der Waals surface area contributed by atoms with Crippen molar-refractivity contribution >= 4 is 31.2 Å². The molecule has 0 saturated carbocycles. The molecule has 0 aliphatic carbocycles. The van der Waals surface area contributed by atoms with Crippen LogP contribution in [0.1, 0.15) is 11.3 Å². The lowest BCUT2D eigenvalue weighted by Crippen LogP contribution is -2.49. The van der Waals surface area contributed by atoms with Gasteiger partial charge in [0.15, 0.2) is 0 Å². The molecule has 1 atom stereocenters. The largest absolute Gasteiger partial charge is 0.480 e. The molecule has 1 saturated heterocycles. The number of nitro benzene ring substituents is 1. The zero-order valence-corrected chi connectivity index (χ0v) is 21.4. The van der Waals surface area contributed by atoms with Gasteiger partial charge < -0.3 is 25.1 Å². The molecule has 0 radical (unpaired) electrons. The molecule has 0 aromatic heterocycles. The van der Waals surface area contributed by atoms with Gasteiger partial charge in [0.25, 0.3) is 5.69 Å². The van der Waals surface area contributed by atoms with Crippen LogP contribution in [-0.2, 0) is 18.9 Å². The average Bonchev–Trinajstić information content (AvgIpc) is 2.79. The number of nitro groups is 1. The fraction of sp³-hybridized carbons (Fsp3) is 0.571. The fourth-order valence-electron chi connectivity index (χ4n) is 4.23. The lowest BCUT2D eigenvalue weighted by Gasteiger charge is -2.37. The van der Waals surface area contributed by atoms with Crippen molar-refractivity contribution in [2.24, 2.45) is 0 Å². The predicted molar refractivity (Wildman–Crippen MR) is 132 cm³/mol. The minimum absolute atomic E-state index is 0.0279. The van der Waals surface area contributed by atoms with Crippen molar-refractivity contribution in [2.75, 3.05) is 72.0 Å².